The fraction of sp³-hybridized carbons (Fsp3) is 0.700. The van der Waals surface area contributed by atoms with E-state index in [1.807, 2.05) is 0 Å². The maximum Gasteiger partial charge on any atom is 0.199 e. The van der Waals surface area contributed by atoms with Crippen molar-refractivity contribution in [1.29, 1.82) is 0 Å². The lowest BCUT2D eigenvalue weighted by atomic mass is 10.00. The molecule has 0 aliphatic carbocycles. The van der Waals surface area contributed by atoms with Crippen LogP contribution in [0.2, 0.25) is 0 Å². The number of piperidine rings is 1. The van der Waals surface area contributed by atoms with Gasteiger partial charge in [0.15, 0.2) is 11.7 Å². The Morgan fingerprint density at radius 3 is 3.07 bits per heavy atom. The summed E-state index contributed by atoms with van der Waals surface area (Å²) < 4.78 is 17.8. The zero-order chi connectivity index (χ0) is 9.97. The topological polar surface area (TPSA) is 38.1 Å². The summed E-state index contributed by atoms with van der Waals surface area (Å²) in [4.78, 5) is 4.26. The average Bonchev–Trinajstić information content (AvgIpc) is 2.61. The maximum atomic E-state index is 12.4. The number of oxazole rings is 1. The minimum Gasteiger partial charge on any atom is -0.442 e. The minimum atomic E-state index is -0.557. The molecule has 0 bridgehead atoms. The van der Waals surface area contributed by atoms with E-state index in [1.54, 1.807) is 6.92 Å². The Kier molecular flexibility index (Phi) is 2.82. The highest BCUT2D eigenvalue weighted by Crippen LogP contribution is 2.24. The fourth-order valence-electron chi connectivity index (χ4n) is 1.81. The fourth-order valence-corrected chi connectivity index (χ4v) is 1.81. The molecule has 4 heteroatoms. The standard InChI is InChI=1S/C10H15FN2O/c1-7-9(5-11)14-10(13-7)8-3-2-4-12-6-8/h8,12H,2-6H2,1H3. The first kappa shape index (κ1) is 9.65. The van der Waals surface area contributed by atoms with Crippen LogP contribution < -0.4 is 5.32 Å². The molecular weight excluding hydrogens is 183 g/mol. The second kappa shape index (κ2) is 4.09. The van der Waals surface area contributed by atoms with Gasteiger partial charge in [-0.3, -0.25) is 0 Å². The van der Waals surface area contributed by atoms with Gasteiger partial charge in [-0.25, -0.2) is 9.37 Å². The molecule has 0 spiro atoms. The van der Waals surface area contributed by atoms with Crippen molar-refractivity contribution in [2.24, 2.45) is 0 Å². The van der Waals surface area contributed by atoms with Crippen LogP contribution >= 0.6 is 0 Å². The molecule has 1 fully saturated rings. The zero-order valence-corrected chi connectivity index (χ0v) is 8.35. The molecule has 2 rings (SSSR count). The van der Waals surface area contributed by atoms with Gasteiger partial charge in [0.25, 0.3) is 0 Å². The quantitative estimate of drug-likeness (QED) is 0.789. The molecule has 1 N–H and O–H groups in total. The summed E-state index contributed by atoms with van der Waals surface area (Å²) in [6.45, 7) is 3.19. The van der Waals surface area contributed by atoms with Crippen molar-refractivity contribution in [2.75, 3.05) is 13.1 Å². The smallest absolute Gasteiger partial charge is 0.199 e. The van der Waals surface area contributed by atoms with Gasteiger partial charge < -0.3 is 9.73 Å². The lowest BCUT2D eigenvalue weighted by Crippen LogP contribution is -2.28. The van der Waals surface area contributed by atoms with Crippen LogP contribution in [0, 0.1) is 6.92 Å². The Morgan fingerprint density at radius 1 is 1.64 bits per heavy atom. The third-order valence-corrected chi connectivity index (χ3v) is 2.68. The number of rotatable bonds is 2. The molecule has 0 amide bonds. The van der Waals surface area contributed by atoms with E-state index >= 15 is 0 Å². The van der Waals surface area contributed by atoms with Gasteiger partial charge in [0, 0.05) is 12.5 Å². The van der Waals surface area contributed by atoms with Crippen molar-refractivity contribution >= 4 is 0 Å². The first-order valence-corrected chi connectivity index (χ1v) is 5.04. The van der Waals surface area contributed by atoms with Gasteiger partial charge in [0.05, 0.1) is 5.69 Å². The number of nitrogens with one attached hydrogen (secondary N) is 1. The van der Waals surface area contributed by atoms with Crippen LogP contribution in [0.15, 0.2) is 4.42 Å². The summed E-state index contributed by atoms with van der Waals surface area (Å²) >= 11 is 0. The summed E-state index contributed by atoms with van der Waals surface area (Å²) in [5.74, 6) is 1.40. The summed E-state index contributed by atoms with van der Waals surface area (Å²) in [5, 5.41) is 3.29. The summed E-state index contributed by atoms with van der Waals surface area (Å²) in [7, 11) is 0. The number of aromatic nitrogens is 1. The second-order valence-electron chi connectivity index (χ2n) is 3.74. The Hall–Kier alpha value is -0.900. The van der Waals surface area contributed by atoms with Crippen molar-refractivity contribution < 1.29 is 8.81 Å². The molecule has 2 heterocycles. The van der Waals surface area contributed by atoms with E-state index < -0.39 is 6.67 Å². The van der Waals surface area contributed by atoms with Crippen LogP contribution in [0.1, 0.15) is 36.1 Å². The zero-order valence-electron chi connectivity index (χ0n) is 8.35. The molecule has 0 aromatic carbocycles. The SMILES string of the molecule is Cc1nc(C2CCCNC2)oc1CF. The molecule has 1 atom stereocenters. The molecule has 1 unspecified atom stereocenters. The van der Waals surface area contributed by atoms with Crippen LogP contribution in [-0.2, 0) is 6.67 Å². The Bertz CT molecular complexity index is 305. The maximum absolute atomic E-state index is 12.4. The number of alkyl halides is 1. The molecule has 0 radical (unpaired) electrons. The van der Waals surface area contributed by atoms with E-state index in [2.05, 4.69) is 10.3 Å². The first-order chi connectivity index (χ1) is 6.81. The van der Waals surface area contributed by atoms with Gasteiger partial charge in [0.1, 0.15) is 6.67 Å². The van der Waals surface area contributed by atoms with Gasteiger partial charge >= 0.3 is 0 Å². The lowest BCUT2D eigenvalue weighted by molar-refractivity contribution is 0.334. The van der Waals surface area contributed by atoms with E-state index in [0.717, 1.165) is 25.9 Å². The molecule has 1 aliphatic heterocycles. The van der Waals surface area contributed by atoms with E-state index in [0.29, 0.717) is 23.3 Å². The van der Waals surface area contributed by atoms with Gasteiger partial charge in [0.2, 0.25) is 0 Å². The third-order valence-electron chi connectivity index (χ3n) is 2.68. The van der Waals surface area contributed by atoms with Crippen molar-refractivity contribution in [3.05, 3.63) is 17.3 Å². The monoisotopic (exact) mass is 198 g/mol. The van der Waals surface area contributed by atoms with Gasteiger partial charge in [-0.05, 0) is 26.3 Å². The molecule has 78 valence electrons. The molecule has 1 aromatic rings. The predicted octanol–water partition coefficient (Wildman–Crippen LogP) is 1.92. The van der Waals surface area contributed by atoms with Gasteiger partial charge in [-0.15, -0.1) is 0 Å². The molecule has 1 saturated heterocycles. The third kappa shape index (κ3) is 1.80. The molecule has 1 aliphatic rings. The lowest BCUT2D eigenvalue weighted by Gasteiger charge is -2.19. The molecule has 3 nitrogen and oxygen atoms in total. The van der Waals surface area contributed by atoms with Crippen molar-refractivity contribution in [3.63, 3.8) is 0 Å². The Balaban J connectivity index is 2.14. The highest BCUT2D eigenvalue weighted by Gasteiger charge is 2.21. The van der Waals surface area contributed by atoms with Crippen LogP contribution in [-0.4, -0.2) is 18.1 Å². The van der Waals surface area contributed by atoms with Crippen LogP contribution in [0.3, 0.4) is 0 Å². The van der Waals surface area contributed by atoms with Crippen LogP contribution in [0.5, 0.6) is 0 Å². The molecule has 14 heavy (non-hydrogen) atoms. The second-order valence-corrected chi connectivity index (χ2v) is 3.74. The highest BCUT2D eigenvalue weighted by atomic mass is 19.1. The Labute approximate surface area is 82.7 Å². The van der Waals surface area contributed by atoms with E-state index in [1.165, 1.54) is 0 Å². The average molecular weight is 198 g/mol. The van der Waals surface area contributed by atoms with Crippen LogP contribution in [0.4, 0.5) is 4.39 Å². The first-order valence-electron chi connectivity index (χ1n) is 5.04. The van der Waals surface area contributed by atoms with Crippen molar-refractivity contribution in [2.45, 2.75) is 32.4 Å². The van der Waals surface area contributed by atoms with E-state index in [-0.39, 0.29) is 0 Å². The van der Waals surface area contributed by atoms with Gasteiger partial charge in [-0.1, -0.05) is 0 Å². The molecular formula is C10H15FN2O. The minimum absolute atomic E-state index is 0.322. The normalized spacial score (nSPS) is 22.6. The van der Waals surface area contributed by atoms with Gasteiger partial charge in [-0.2, -0.15) is 0 Å². The summed E-state index contributed by atoms with van der Waals surface area (Å²) in [5.41, 5.74) is 0.688. The largest absolute Gasteiger partial charge is 0.442 e. The molecule has 1 aromatic heterocycles. The number of hydrogen-bond donors (Lipinski definition) is 1. The number of aryl methyl sites for hydroxylation is 1. The summed E-state index contributed by atoms with van der Waals surface area (Å²) in [6, 6.07) is 0. The van der Waals surface area contributed by atoms with E-state index in [9.17, 15) is 4.39 Å². The van der Waals surface area contributed by atoms with Crippen molar-refractivity contribution in [1.82, 2.24) is 10.3 Å². The number of halogens is 1. The summed E-state index contributed by atoms with van der Waals surface area (Å²) in [6.07, 6.45) is 2.22. The highest BCUT2D eigenvalue weighted by molar-refractivity contribution is 5.09. The number of nitrogens with zero attached hydrogens (tertiary/aromatic N) is 1. The predicted molar refractivity (Wildman–Crippen MR) is 50.9 cm³/mol. The molecule has 0 saturated carbocycles. The van der Waals surface area contributed by atoms with Crippen LogP contribution in [0.25, 0.3) is 0 Å². The van der Waals surface area contributed by atoms with Crippen molar-refractivity contribution in [3.8, 4) is 0 Å². The number of hydrogen-bond acceptors (Lipinski definition) is 3. The Morgan fingerprint density at radius 2 is 2.50 bits per heavy atom. The van der Waals surface area contributed by atoms with E-state index in [4.69, 9.17) is 4.42 Å².